The summed E-state index contributed by atoms with van der Waals surface area (Å²) in [5.41, 5.74) is 6.99. The van der Waals surface area contributed by atoms with Gasteiger partial charge in [0.1, 0.15) is 5.76 Å². The number of rotatable bonds is 2. The van der Waals surface area contributed by atoms with Crippen LogP contribution in [0.15, 0.2) is 83.7 Å². The molecule has 2 aromatic carbocycles. The van der Waals surface area contributed by atoms with Crippen molar-refractivity contribution in [2.45, 2.75) is 12.5 Å². The van der Waals surface area contributed by atoms with E-state index in [4.69, 9.17) is 4.42 Å². The van der Waals surface area contributed by atoms with Crippen LogP contribution in [0.1, 0.15) is 16.9 Å². The Morgan fingerprint density at radius 3 is 2.54 bits per heavy atom. The Kier molecular flexibility index (Phi) is 3.26. The quantitative estimate of drug-likeness (QED) is 0.481. The topological polar surface area (TPSA) is 42.2 Å². The monoisotopic (exact) mass is 363 g/mol. The Morgan fingerprint density at radius 1 is 0.893 bits per heavy atom. The lowest BCUT2D eigenvalue weighted by atomic mass is 9.91. The summed E-state index contributed by atoms with van der Waals surface area (Å²) in [5.74, 6) is 1.78. The molecule has 1 unspecified atom stereocenters. The predicted octanol–water partition coefficient (Wildman–Crippen LogP) is 5.35. The van der Waals surface area contributed by atoms with Gasteiger partial charge in [0.25, 0.3) is 0 Å². The van der Waals surface area contributed by atoms with Gasteiger partial charge >= 0.3 is 0 Å². The van der Waals surface area contributed by atoms with Crippen LogP contribution < -0.4 is 4.90 Å². The van der Waals surface area contributed by atoms with Gasteiger partial charge in [0.15, 0.2) is 5.82 Å². The Bertz CT molecular complexity index is 1190. The van der Waals surface area contributed by atoms with Gasteiger partial charge in [0, 0.05) is 28.8 Å². The highest BCUT2D eigenvalue weighted by Gasteiger charge is 2.38. The summed E-state index contributed by atoms with van der Waals surface area (Å²) in [4.78, 5) is 11.6. The van der Waals surface area contributed by atoms with Crippen molar-refractivity contribution >= 4 is 23.0 Å². The fourth-order valence-corrected chi connectivity index (χ4v) is 4.28. The SMILES string of the molecule is C1=C2c3ccccc3N(c3cnc(-c4ccccc4)nc3)C2Cc2occc21. The van der Waals surface area contributed by atoms with Crippen LogP contribution in [0.4, 0.5) is 11.4 Å². The molecule has 6 rings (SSSR count). The van der Waals surface area contributed by atoms with Gasteiger partial charge in [-0.1, -0.05) is 48.5 Å². The molecule has 0 saturated carbocycles. The van der Waals surface area contributed by atoms with E-state index in [2.05, 4.69) is 45.2 Å². The van der Waals surface area contributed by atoms with E-state index in [9.17, 15) is 0 Å². The minimum Gasteiger partial charge on any atom is -0.469 e. The summed E-state index contributed by atoms with van der Waals surface area (Å²) >= 11 is 0. The molecule has 0 amide bonds. The second-order valence-electron chi connectivity index (χ2n) is 7.14. The van der Waals surface area contributed by atoms with Gasteiger partial charge in [0.2, 0.25) is 0 Å². The third-order valence-corrected chi connectivity index (χ3v) is 5.56. The van der Waals surface area contributed by atoms with E-state index in [1.807, 2.05) is 48.8 Å². The first-order valence-corrected chi connectivity index (χ1v) is 9.42. The van der Waals surface area contributed by atoms with Crippen molar-refractivity contribution in [3.8, 4) is 11.4 Å². The fraction of sp³-hybridized carbons (Fsp3) is 0.0833. The first-order chi connectivity index (χ1) is 13.9. The molecule has 4 aromatic rings. The highest BCUT2D eigenvalue weighted by Crippen LogP contribution is 2.48. The van der Waals surface area contributed by atoms with E-state index >= 15 is 0 Å². The smallest absolute Gasteiger partial charge is 0.159 e. The zero-order valence-corrected chi connectivity index (χ0v) is 15.1. The standard InChI is InChI=1S/C24H17N3O/c1-2-6-16(7-3-1)24-25-14-18(15-26-24)27-21-9-5-4-8-19(21)20-12-17-10-11-28-23(17)13-22(20)27/h1-12,14-15,22H,13H2. The Hall–Kier alpha value is -3.66. The number of nitrogens with zero attached hydrogens (tertiary/aromatic N) is 3. The molecule has 1 aliphatic carbocycles. The second kappa shape index (κ2) is 5.92. The number of para-hydroxylation sites is 1. The summed E-state index contributed by atoms with van der Waals surface area (Å²) in [6.07, 6.45) is 8.71. The molecule has 0 radical (unpaired) electrons. The molecule has 4 heteroatoms. The highest BCUT2D eigenvalue weighted by atomic mass is 16.3. The Labute approximate surface area is 162 Å². The maximum absolute atomic E-state index is 5.72. The van der Waals surface area contributed by atoms with Gasteiger partial charge in [-0.3, -0.25) is 0 Å². The predicted molar refractivity (Wildman–Crippen MR) is 110 cm³/mol. The lowest BCUT2D eigenvalue weighted by Crippen LogP contribution is -2.30. The van der Waals surface area contributed by atoms with Crippen LogP contribution in [0.2, 0.25) is 0 Å². The van der Waals surface area contributed by atoms with Crippen molar-refractivity contribution in [1.82, 2.24) is 9.97 Å². The molecule has 0 bridgehead atoms. The Morgan fingerprint density at radius 2 is 1.68 bits per heavy atom. The van der Waals surface area contributed by atoms with Crippen molar-refractivity contribution < 1.29 is 4.42 Å². The van der Waals surface area contributed by atoms with E-state index in [0.29, 0.717) is 0 Å². The number of aromatic nitrogens is 2. The number of fused-ring (bicyclic) bond motifs is 4. The lowest BCUT2D eigenvalue weighted by Gasteiger charge is -2.29. The molecule has 134 valence electrons. The van der Waals surface area contributed by atoms with Crippen molar-refractivity contribution in [1.29, 1.82) is 0 Å². The van der Waals surface area contributed by atoms with Gasteiger partial charge in [-0.2, -0.15) is 0 Å². The number of anilines is 2. The molecule has 28 heavy (non-hydrogen) atoms. The van der Waals surface area contributed by atoms with Crippen molar-refractivity contribution in [3.63, 3.8) is 0 Å². The molecule has 2 aliphatic rings. The van der Waals surface area contributed by atoms with Gasteiger partial charge in [0.05, 0.1) is 30.4 Å². The third-order valence-electron chi connectivity index (χ3n) is 5.56. The van der Waals surface area contributed by atoms with E-state index in [1.165, 1.54) is 22.4 Å². The fourth-order valence-electron chi connectivity index (χ4n) is 4.28. The first-order valence-electron chi connectivity index (χ1n) is 9.42. The normalized spacial score (nSPS) is 16.9. The second-order valence-corrected chi connectivity index (χ2v) is 7.14. The molecule has 4 nitrogen and oxygen atoms in total. The number of hydrogen-bond donors (Lipinski definition) is 0. The average Bonchev–Trinajstić information content (AvgIpc) is 3.35. The summed E-state index contributed by atoms with van der Waals surface area (Å²) in [7, 11) is 0. The Balaban J connectivity index is 1.45. The molecule has 1 aliphatic heterocycles. The molecule has 0 N–H and O–H groups in total. The molecule has 3 heterocycles. The summed E-state index contributed by atoms with van der Waals surface area (Å²) in [6, 6.07) is 20.8. The number of hydrogen-bond acceptors (Lipinski definition) is 4. The van der Waals surface area contributed by atoms with Crippen LogP contribution in [0.25, 0.3) is 23.0 Å². The molecule has 0 spiro atoms. The van der Waals surface area contributed by atoms with E-state index in [0.717, 1.165) is 29.3 Å². The summed E-state index contributed by atoms with van der Waals surface area (Å²) < 4.78 is 5.72. The van der Waals surface area contributed by atoms with E-state index < -0.39 is 0 Å². The molecular formula is C24H17N3O. The molecule has 1 atom stereocenters. The highest BCUT2D eigenvalue weighted by molar-refractivity contribution is 5.99. The maximum atomic E-state index is 5.72. The van der Waals surface area contributed by atoms with Crippen LogP contribution in [-0.2, 0) is 6.42 Å². The largest absolute Gasteiger partial charge is 0.469 e. The number of benzene rings is 2. The molecular weight excluding hydrogens is 346 g/mol. The minimum atomic E-state index is 0.197. The molecule has 0 saturated heterocycles. The van der Waals surface area contributed by atoms with Gasteiger partial charge < -0.3 is 9.32 Å². The zero-order chi connectivity index (χ0) is 18.5. The van der Waals surface area contributed by atoms with Crippen LogP contribution >= 0.6 is 0 Å². The van der Waals surface area contributed by atoms with E-state index in [-0.39, 0.29) is 6.04 Å². The van der Waals surface area contributed by atoms with Gasteiger partial charge in [-0.25, -0.2) is 9.97 Å². The molecule has 0 fully saturated rings. The first kappa shape index (κ1) is 15.4. The van der Waals surface area contributed by atoms with Gasteiger partial charge in [-0.05, 0) is 23.8 Å². The third kappa shape index (κ3) is 2.24. The van der Waals surface area contributed by atoms with Crippen LogP contribution in [0.3, 0.4) is 0 Å². The zero-order valence-electron chi connectivity index (χ0n) is 15.1. The number of furan rings is 1. The van der Waals surface area contributed by atoms with Crippen molar-refractivity contribution in [2.75, 3.05) is 4.90 Å². The maximum Gasteiger partial charge on any atom is 0.159 e. The minimum absolute atomic E-state index is 0.197. The summed E-state index contributed by atoms with van der Waals surface area (Å²) in [5, 5.41) is 0. The van der Waals surface area contributed by atoms with Crippen molar-refractivity contribution in [3.05, 3.63) is 96.2 Å². The van der Waals surface area contributed by atoms with E-state index in [1.54, 1.807) is 6.26 Å². The van der Waals surface area contributed by atoms with Crippen LogP contribution in [-0.4, -0.2) is 16.0 Å². The van der Waals surface area contributed by atoms with Gasteiger partial charge in [-0.15, -0.1) is 0 Å². The van der Waals surface area contributed by atoms with Crippen molar-refractivity contribution in [2.24, 2.45) is 0 Å². The summed E-state index contributed by atoms with van der Waals surface area (Å²) in [6.45, 7) is 0. The lowest BCUT2D eigenvalue weighted by molar-refractivity contribution is 0.498. The van der Waals surface area contributed by atoms with Crippen LogP contribution in [0.5, 0.6) is 0 Å². The van der Waals surface area contributed by atoms with Crippen LogP contribution in [0, 0.1) is 0 Å². The average molecular weight is 363 g/mol. The molecule has 2 aromatic heterocycles.